The van der Waals surface area contributed by atoms with Crippen molar-refractivity contribution in [3.05, 3.63) is 37.1 Å². The minimum Gasteiger partial charge on any atom is -0.328 e. The Labute approximate surface area is 95.1 Å². The molecule has 0 radical (unpaired) electrons. The molecule has 0 saturated carbocycles. The Kier molecular flexibility index (Phi) is 3.31. The number of nitrogens with two attached hydrogens (primary N) is 1. The maximum Gasteiger partial charge on any atom is 0.0954 e. The molecule has 1 unspecified atom stereocenters. The predicted molar refractivity (Wildman–Crippen MR) is 63.8 cm³/mol. The monoisotopic (exact) mass is 216 g/mol. The Morgan fingerprint density at radius 3 is 2.88 bits per heavy atom. The lowest BCUT2D eigenvalue weighted by atomic mass is 10.1. The minimum atomic E-state index is 0.303. The summed E-state index contributed by atoms with van der Waals surface area (Å²) in [7, 11) is 0. The van der Waals surface area contributed by atoms with Crippen molar-refractivity contribution in [1.82, 2.24) is 14.5 Å². The van der Waals surface area contributed by atoms with Gasteiger partial charge < -0.3 is 10.3 Å². The summed E-state index contributed by atoms with van der Waals surface area (Å²) in [5, 5.41) is 0. The standard InChI is InChI=1S/C12H16N4/c1-2-11(6-13)16-9-15-8-12(16)10-4-3-5-14-7-10/h3-5,7-9,11H,2,6,13H2,1H3. The Bertz CT molecular complexity index is 431. The lowest BCUT2D eigenvalue weighted by Gasteiger charge is -2.17. The molecule has 0 aromatic carbocycles. The summed E-state index contributed by atoms with van der Waals surface area (Å²) in [5.41, 5.74) is 7.91. The summed E-state index contributed by atoms with van der Waals surface area (Å²) in [5.74, 6) is 0. The van der Waals surface area contributed by atoms with Crippen LogP contribution in [0.1, 0.15) is 19.4 Å². The first-order valence-corrected chi connectivity index (χ1v) is 5.49. The van der Waals surface area contributed by atoms with E-state index >= 15 is 0 Å². The number of rotatable bonds is 4. The summed E-state index contributed by atoms with van der Waals surface area (Å²) in [6.07, 6.45) is 8.31. The fraction of sp³-hybridized carbons (Fsp3) is 0.333. The molecular weight excluding hydrogens is 200 g/mol. The second-order valence-corrected chi connectivity index (χ2v) is 3.73. The zero-order valence-electron chi connectivity index (χ0n) is 9.37. The van der Waals surface area contributed by atoms with E-state index in [0.717, 1.165) is 17.7 Å². The lowest BCUT2D eigenvalue weighted by Crippen LogP contribution is -2.18. The molecule has 0 spiro atoms. The van der Waals surface area contributed by atoms with Gasteiger partial charge in [0, 0.05) is 30.5 Å². The molecule has 0 aliphatic heterocycles. The molecule has 0 amide bonds. The van der Waals surface area contributed by atoms with Crippen molar-refractivity contribution in [2.45, 2.75) is 19.4 Å². The van der Waals surface area contributed by atoms with Crippen molar-refractivity contribution in [2.24, 2.45) is 5.73 Å². The first kappa shape index (κ1) is 10.8. The molecular formula is C12H16N4. The van der Waals surface area contributed by atoms with Crippen LogP contribution in [0.3, 0.4) is 0 Å². The quantitative estimate of drug-likeness (QED) is 0.848. The second-order valence-electron chi connectivity index (χ2n) is 3.73. The highest BCUT2D eigenvalue weighted by Gasteiger charge is 2.11. The molecule has 4 nitrogen and oxygen atoms in total. The van der Waals surface area contributed by atoms with E-state index in [2.05, 4.69) is 21.5 Å². The van der Waals surface area contributed by atoms with Gasteiger partial charge in [-0.25, -0.2) is 4.98 Å². The van der Waals surface area contributed by atoms with Gasteiger partial charge in [-0.15, -0.1) is 0 Å². The number of aromatic nitrogens is 3. The third-order valence-corrected chi connectivity index (χ3v) is 2.76. The van der Waals surface area contributed by atoms with Crippen molar-refractivity contribution in [1.29, 1.82) is 0 Å². The smallest absolute Gasteiger partial charge is 0.0954 e. The van der Waals surface area contributed by atoms with Crippen LogP contribution in [0, 0.1) is 0 Å². The van der Waals surface area contributed by atoms with Crippen LogP contribution in [0.15, 0.2) is 37.1 Å². The zero-order valence-corrected chi connectivity index (χ0v) is 9.37. The molecule has 2 N–H and O–H groups in total. The molecule has 2 aromatic heterocycles. The van der Waals surface area contributed by atoms with Gasteiger partial charge >= 0.3 is 0 Å². The van der Waals surface area contributed by atoms with E-state index in [-0.39, 0.29) is 0 Å². The van der Waals surface area contributed by atoms with E-state index in [1.165, 1.54) is 0 Å². The molecule has 0 bridgehead atoms. The average Bonchev–Trinajstić information content (AvgIpc) is 2.81. The topological polar surface area (TPSA) is 56.7 Å². The van der Waals surface area contributed by atoms with Gasteiger partial charge in [0.1, 0.15) is 0 Å². The van der Waals surface area contributed by atoms with Crippen LogP contribution in [-0.2, 0) is 0 Å². The molecule has 2 rings (SSSR count). The fourth-order valence-corrected chi connectivity index (χ4v) is 1.81. The van der Waals surface area contributed by atoms with Crippen LogP contribution in [0.2, 0.25) is 0 Å². The molecule has 0 aliphatic carbocycles. The number of pyridine rings is 1. The van der Waals surface area contributed by atoms with E-state index in [4.69, 9.17) is 5.73 Å². The highest BCUT2D eigenvalue weighted by atomic mass is 15.1. The maximum absolute atomic E-state index is 5.76. The summed E-state index contributed by atoms with van der Waals surface area (Å²) in [6.45, 7) is 2.75. The van der Waals surface area contributed by atoms with Crippen LogP contribution >= 0.6 is 0 Å². The van der Waals surface area contributed by atoms with Gasteiger partial charge in [0.05, 0.1) is 18.2 Å². The maximum atomic E-state index is 5.76. The number of hydrogen-bond acceptors (Lipinski definition) is 3. The zero-order chi connectivity index (χ0) is 11.4. The molecule has 16 heavy (non-hydrogen) atoms. The van der Waals surface area contributed by atoms with E-state index in [1.807, 2.05) is 30.9 Å². The van der Waals surface area contributed by atoms with Crippen molar-refractivity contribution in [2.75, 3.05) is 6.54 Å². The van der Waals surface area contributed by atoms with Gasteiger partial charge in [0.15, 0.2) is 0 Å². The molecule has 4 heteroatoms. The molecule has 84 valence electrons. The third-order valence-electron chi connectivity index (χ3n) is 2.76. The molecule has 1 atom stereocenters. The Morgan fingerprint density at radius 1 is 1.38 bits per heavy atom. The first-order chi connectivity index (χ1) is 7.86. The molecule has 0 saturated heterocycles. The molecule has 2 aromatic rings. The molecule has 0 fully saturated rings. The highest BCUT2D eigenvalue weighted by molar-refractivity contribution is 5.57. The van der Waals surface area contributed by atoms with Gasteiger partial charge in [-0.05, 0) is 18.6 Å². The Hall–Kier alpha value is -1.68. The van der Waals surface area contributed by atoms with Gasteiger partial charge in [0.25, 0.3) is 0 Å². The van der Waals surface area contributed by atoms with Gasteiger partial charge in [-0.3, -0.25) is 4.98 Å². The predicted octanol–water partition coefficient (Wildman–Crippen LogP) is 1.85. The minimum absolute atomic E-state index is 0.303. The van der Waals surface area contributed by atoms with Crippen LogP contribution in [0.4, 0.5) is 0 Å². The molecule has 2 heterocycles. The van der Waals surface area contributed by atoms with Crippen molar-refractivity contribution >= 4 is 0 Å². The van der Waals surface area contributed by atoms with Crippen molar-refractivity contribution in [3.63, 3.8) is 0 Å². The number of imidazole rings is 1. The normalized spacial score (nSPS) is 12.6. The van der Waals surface area contributed by atoms with Crippen LogP contribution < -0.4 is 5.73 Å². The van der Waals surface area contributed by atoms with E-state index in [0.29, 0.717) is 12.6 Å². The lowest BCUT2D eigenvalue weighted by molar-refractivity contribution is 0.500. The largest absolute Gasteiger partial charge is 0.328 e. The Morgan fingerprint density at radius 2 is 2.25 bits per heavy atom. The first-order valence-electron chi connectivity index (χ1n) is 5.49. The van der Waals surface area contributed by atoms with Crippen molar-refractivity contribution in [3.8, 4) is 11.3 Å². The second kappa shape index (κ2) is 4.90. The Balaban J connectivity index is 2.40. The SMILES string of the molecule is CCC(CN)n1cncc1-c1cccnc1. The average molecular weight is 216 g/mol. The summed E-state index contributed by atoms with van der Waals surface area (Å²) in [6, 6.07) is 4.26. The van der Waals surface area contributed by atoms with E-state index < -0.39 is 0 Å². The third kappa shape index (κ3) is 1.97. The fourth-order valence-electron chi connectivity index (χ4n) is 1.81. The van der Waals surface area contributed by atoms with Gasteiger partial charge in [-0.1, -0.05) is 6.92 Å². The number of nitrogens with zero attached hydrogens (tertiary/aromatic N) is 3. The van der Waals surface area contributed by atoms with E-state index in [1.54, 1.807) is 6.20 Å². The van der Waals surface area contributed by atoms with Crippen LogP contribution in [0.25, 0.3) is 11.3 Å². The van der Waals surface area contributed by atoms with Gasteiger partial charge in [0.2, 0.25) is 0 Å². The van der Waals surface area contributed by atoms with Crippen LogP contribution in [0.5, 0.6) is 0 Å². The molecule has 0 aliphatic rings. The number of hydrogen-bond donors (Lipinski definition) is 1. The summed E-state index contributed by atoms with van der Waals surface area (Å²) >= 11 is 0. The summed E-state index contributed by atoms with van der Waals surface area (Å²) < 4.78 is 2.12. The van der Waals surface area contributed by atoms with Gasteiger partial charge in [-0.2, -0.15) is 0 Å². The highest BCUT2D eigenvalue weighted by Crippen LogP contribution is 2.22. The summed E-state index contributed by atoms with van der Waals surface area (Å²) in [4.78, 5) is 8.32. The van der Waals surface area contributed by atoms with Crippen LogP contribution in [-0.4, -0.2) is 21.1 Å². The van der Waals surface area contributed by atoms with E-state index in [9.17, 15) is 0 Å². The van der Waals surface area contributed by atoms with Crippen molar-refractivity contribution < 1.29 is 0 Å².